The van der Waals surface area contributed by atoms with E-state index in [0.717, 1.165) is 27.5 Å². The number of hydrogen-bond donors (Lipinski definition) is 3. The number of benzene rings is 1. The number of thiazole rings is 1. The summed E-state index contributed by atoms with van der Waals surface area (Å²) in [5.74, 6) is 0. The van der Waals surface area contributed by atoms with Crippen molar-refractivity contribution < 1.29 is 15.3 Å². The van der Waals surface area contributed by atoms with Crippen LogP contribution in [0.5, 0.6) is 0 Å². The molecular weight excluding hydrogens is 302 g/mol. The van der Waals surface area contributed by atoms with Crippen molar-refractivity contribution in [2.45, 2.75) is 19.8 Å². The summed E-state index contributed by atoms with van der Waals surface area (Å²) in [7, 11) is 0. The number of para-hydroxylation sites is 1. The van der Waals surface area contributed by atoms with Gasteiger partial charge in [0.05, 0.1) is 22.7 Å². The fourth-order valence-electron chi connectivity index (χ4n) is 2.46. The van der Waals surface area contributed by atoms with Crippen LogP contribution in [0.3, 0.4) is 0 Å². The lowest BCUT2D eigenvalue weighted by Gasteiger charge is -2.04. The number of nitrogens with zero attached hydrogens (tertiary/aromatic N) is 2. The molecule has 0 unspecified atom stereocenters. The van der Waals surface area contributed by atoms with E-state index in [1.165, 1.54) is 10.9 Å². The van der Waals surface area contributed by atoms with Gasteiger partial charge in [0.25, 0.3) is 0 Å². The van der Waals surface area contributed by atoms with Crippen LogP contribution in [0.1, 0.15) is 21.1 Å². The van der Waals surface area contributed by atoms with Gasteiger partial charge in [-0.3, -0.25) is 15.3 Å². The van der Waals surface area contributed by atoms with E-state index >= 15 is 0 Å². The third-order valence-corrected chi connectivity index (χ3v) is 4.71. The summed E-state index contributed by atoms with van der Waals surface area (Å²) < 4.78 is 0. The Kier molecular flexibility index (Phi) is 4.51. The standard InChI is InChI=1S/C15H17N3O3S/c1-10-14(6-7-21-18(19)20)22-15(17-10)8-11-9-16-13-5-3-2-4-12(11)13/h2-5,9,16,19-20H,6-8H2,1H3. The summed E-state index contributed by atoms with van der Waals surface area (Å²) in [5, 5.41) is 19.1. The SMILES string of the molecule is Cc1nc(Cc2c[nH]c3ccccc23)sc1CCON(O)O. The van der Waals surface area contributed by atoms with Crippen molar-refractivity contribution >= 4 is 22.2 Å². The number of fused-ring (bicyclic) bond motifs is 1. The van der Waals surface area contributed by atoms with Gasteiger partial charge in [-0.25, -0.2) is 4.98 Å². The molecule has 0 aliphatic carbocycles. The van der Waals surface area contributed by atoms with Crippen LogP contribution in [0.4, 0.5) is 0 Å². The molecule has 0 amide bonds. The van der Waals surface area contributed by atoms with Gasteiger partial charge in [0.2, 0.25) is 0 Å². The Balaban J connectivity index is 1.73. The molecular formula is C15H17N3O3S. The van der Waals surface area contributed by atoms with Crippen LogP contribution >= 0.6 is 11.3 Å². The molecule has 0 spiro atoms. The van der Waals surface area contributed by atoms with Crippen molar-refractivity contribution in [3.8, 4) is 0 Å². The number of nitrogens with one attached hydrogen (secondary N) is 1. The summed E-state index contributed by atoms with van der Waals surface area (Å²) in [6.45, 7) is 2.16. The van der Waals surface area contributed by atoms with Gasteiger partial charge in [-0.05, 0) is 18.6 Å². The van der Waals surface area contributed by atoms with Gasteiger partial charge in [-0.1, -0.05) is 18.2 Å². The largest absolute Gasteiger partial charge is 0.361 e. The van der Waals surface area contributed by atoms with E-state index in [9.17, 15) is 0 Å². The second-order valence-electron chi connectivity index (χ2n) is 4.99. The monoisotopic (exact) mass is 319 g/mol. The lowest BCUT2D eigenvalue weighted by Crippen LogP contribution is -2.16. The lowest BCUT2D eigenvalue weighted by atomic mass is 10.1. The number of hydrogen-bond acceptors (Lipinski definition) is 6. The zero-order valence-corrected chi connectivity index (χ0v) is 12.9. The number of H-pyrrole nitrogens is 1. The van der Waals surface area contributed by atoms with E-state index < -0.39 is 0 Å². The van der Waals surface area contributed by atoms with Crippen molar-refractivity contribution in [3.63, 3.8) is 0 Å². The summed E-state index contributed by atoms with van der Waals surface area (Å²) in [5.41, 5.74) is 3.32. The number of aryl methyl sites for hydroxylation is 1. The van der Waals surface area contributed by atoms with E-state index in [-0.39, 0.29) is 12.0 Å². The predicted molar refractivity (Wildman–Crippen MR) is 83.0 cm³/mol. The average Bonchev–Trinajstić information content (AvgIpc) is 3.04. The molecule has 3 aromatic rings. The van der Waals surface area contributed by atoms with Crippen LogP contribution in [-0.2, 0) is 17.7 Å². The molecule has 116 valence electrons. The van der Waals surface area contributed by atoms with E-state index in [2.05, 4.69) is 26.9 Å². The van der Waals surface area contributed by atoms with E-state index in [1.54, 1.807) is 11.3 Å². The number of aromatic amines is 1. The minimum Gasteiger partial charge on any atom is -0.361 e. The lowest BCUT2D eigenvalue weighted by molar-refractivity contribution is -0.492. The minimum absolute atomic E-state index is 0.197. The Bertz CT molecular complexity index is 766. The molecule has 3 N–H and O–H groups in total. The summed E-state index contributed by atoms with van der Waals surface area (Å²) in [4.78, 5) is 13.6. The predicted octanol–water partition coefficient (Wildman–Crippen LogP) is 3.08. The van der Waals surface area contributed by atoms with E-state index in [0.29, 0.717) is 6.42 Å². The topological polar surface area (TPSA) is 81.6 Å². The molecule has 22 heavy (non-hydrogen) atoms. The smallest absolute Gasteiger partial charge is 0.0975 e. The van der Waals surface area contributed by atoms with Crippen LogP contribution in [0.25, 0.3) is 10.9 Å². The molecule has 3 rings (SSSR count). The summed E-state index contributed by atoms with van der Waals surface area (Å²) in [6.07, 6.45) is 3.40. The maximum absolute atomic E-state index is 8.53. The van der Waals surface area contributed by atoms with Gasteiger partial charge < -0.3 is 4.98 Å². The highest BCUT2D eigenvalue weighted by molar-refractivity contribution is 7.11. The highest BCUT2D eigenvalue weighted by Crippen LogP contribution is 2.25. The first-order valence-corrected chi connectivity index (χ1v) is 7.76. The van der Waals surface area contributed by atoms with E-state index in [1.807, 2.05) is 25.3 Å². The Morgan fingerprint density at radius 2 is 2.14 bits per heavy atom. The van der Waals surface area contributed by atoms with Gasteiger partial charge >= 0.3 is 0 Å². The number of rotatable bonds is 6. The molecule has 2 heterocycles. The Labute approximate surface area is 131 Å². The van der Waals surface area contributed by atoms with Gasteiger partial charge in [0.1, 0.15) is 0 Å². The minimum atomic E-state index is -0.261. The van der Waals surface area contributed by atoms with Crippen molar-refractivity contribution in [3.05, 3.63) is 51.6 Å². The summed E-state index contributed by atoms with van der Waals surface area (Å²) >= 11 is 1.63. The van der Waals surface area contributed by atoms with Crippen LogP contribution in [0, 0.1) is 6.92 Å². The maximum Gasteiger partial charge on any atom is 0.0975 e. The summed E-state index contributed by atoms with van der Waals surface area (Å²) in [6, 6.07) is 8.21. The molecule has 0 saturated heterocycles. The molecule has 1 aromatic carbocycles. The van der Waals surface area contributed by atoms with Crippen LogP contribution in [0.2, 0.25) is 0 Å². The zero-order chi connectivity index (χ0) is 15.5. The third kappa shape index (κ3) is 3.34. The van der Waals surface area contributed by atoms with Crippen molar-refractivity contribution in [2.24, 2.45) is 0 Å². The van der Waals surface area contributed by atoms with Gasteiger partial charge in [0.15, 0.2) is 0 Å². The van der Waals surface area contributed by atoms with Crippen LogP contribution < -0.4 is 0 Å². The maximum atomic E-state index is 8.53. The van der Waals surface area contributed by atoms with Crippen molar-refractivity contribution in [2.75, 3.05) is 6.61 Å². The third-order valence-electron chi connectivity index (χ3n) is 3.49. The van der Waals surface area contributed by atoms with Crippen molar-refractivity contribution in [1.82, 2.24) is 15.4 Å². The Morgan fingerprint density at radius 1 is 1.32 bits per heavy atom. The highest BCUT2D eigenvalue weighted by Gasteiger charge is 2.11. The van der Waals surface area contributed by atoms with Crippen LogP contribution in [-0.4, -0.2) is 32.4 Å². The van der Waals surface area contributed by atoms with Gasteiger partial charge in [0, 0.05) is 34.8 Å². The normalized spacial score (nSPS) is 11.6. The fourth-order valence-corrected chi connectivity index (χ4v) is 3.53. The van der Waals surface area contributed by atoms with Gasteiger partial charge in [-0.2, -0.15) is 0 Å². The quantitative estimate of drug-likeness (QED) is 0.608. The first kappa shape index (κ1) is 15.1. The van der Waals surface area contributed by atoms with Crippen molar-refractivity contribution in [1.29, 1.82) is 0 Å². The second kappa shape index (κ2) is 6.55. The molecule has 0 aliphatic heterocycles. The molecule has 0 bridgehead atoms. The fraction of sp³-hybridized carbons (Fsp3) is 0.267. The molecule has 0 radical (unpaired) electrons. The average molecular weight is 319 g/mol. The Morgan fingerprint density at radius 3 is 2.95 bits per heavy atom. The first-order valence-electron chi connectivity index (χ1n) is 6.94. The molecule has 6 nitrogen and oxygen atoms in total. The molecule has 0 saturated carbocycles. The molecule has 7 heteroatoms. The molecule has 0 atom stereocenters. The molecule has 2 aromatic heterocycles. The zero-order valence-electron chi connectivity index (χ0n) is 12.1. The van der Waals surface area contributed by atoms with Gasteiger partial charge in [-0.15, -0.1) is 11.3 Å². The van der Waals surface area contributed by atoms with Crippen LogP contribution in [0.15, 0.2) is 30.5 Å². The number of aromatic nitrogens is 2. The van der Waals surface area contributed by atoms with E-state index in [4.69, 9.17) is 10.4 Å². The first-order chi connectivity index (χ1) is 10.6. The second-order valence-corrected chi connectivity index (χ2v) is 6.16. The molecule has 0 aliphatic rings. The Hall–Kier alpha value is -1.77. The molecule has 0 fully saturated rings. The highest BCUT2D eigenvalue weighted by atomic mass is 32.1.